The number of amides is 1. The van der Waals surface area contributed by atoms with Crippen LogP contribution in [0.2, 0.25) is 0 Å². The van der Waals surface area contributed by atoms with E-state index in [9.17, 15) is 4.79 Å². The topological polar surface area (TPSA) is 45.0 Å². The lowest BCUT2D eigenvalue weighted by Gasteiger charge is -2.17. The summed E-state index contributed by atoms with van der Waals surface area (Å²) in [4.78, 5) is 14.5. The number of hydrogen-bond donors (Lipinski definition) is 0. The Hall–Kier alpha value is -2.40. The lowest BCUT2D eigenvalue weighted by molar-refractivity contribution is -0.126. The maximum atomic E-state index is 12.8. The molecular formula is C22H25N3OS. The fourth-order valence-corrected chi connectivity index (χ4v) is 4.08. The molecule has 1 unspecified atom stereocenters. The molecular weight excluding hydrogens is 354 g/mol. The zero-order valence-corrected chi connectivity index (χ0v) is 17.1. The van der Waals surface area contributed by atoms with Crippen molar-refractivity contribution in [2.45, 2.75) is 45.9 Å². The normalized spacial score (nSPS) is 18.8. The predicted octanol–water partition coefficient (Wildman–Crippen LogP) is 4.86. The van der Waals surface area contributed by atoms with Crippen molar-refractivity contribution < 1.29 is 4.79 Å². The molecule has 1 aliphatic rings. The second-order valence-corrected chi connectivity index (χ2v) is 8.02. The fraction of sp³-hybridized carbons (Fsp3) is 0.318. The summed E-state index contributed by atoms with van der Waals surface area (Å²) in [5.74, 6) is 0.117. The Balaban J connectivity index is 1.84. The van der Waals surface area contributed by atoms with Gasteiger partial charge in [-0.15, -0.1) is 5.10 Å². The van der Waals surface area contributed by atoms with Crippen LogP contribution in [-0.4, -0.2) is 27.4 Å². The molecule has 1 amide bonds. The number of amidine groups is 1. The van der Waals surface area contributed by atoms with Gasteiger partial charge in [0.15, 0.2) is 5.17 Å². The summed E-state index contributed by atoms with van der Waals surface area (Å²) in [7, 11) is 0. The first kappa shape index (κ1) is 19.4. The average molecular weight is 380 g/mol. The van der Waals surface area contributed by atoms with Gasteiger partial charge in [0.25, 0.3) is 0 Å². The van der Waals surface area contributed by atoms with Crippen LogP contribution in [0.3, 0.4) is 0 Å². The zero-order valence-electron chi connectivity index (χ0n) is 16.3. The first-order valence-corrected chi connectivity index (χ1v) is 10.1. The standard InChI is InChI=1S/C22H25N3OS/c1-5-20-21(26)25(14-19-9-7-6-8-16(19)3)22(27-20)24-23-13-18-11-10-15(2)12-17(18)4/h6-13,20H,5,14H2,1-4H3. The third-order valence-electron chi connectivity index (χ3n) is 4.75. The average Bonchev–Trinajstić information content (AvgIpc) is 2.94. The smallest absolute Gasteiger partial charge is 0.242 e. The SMILES string of the molecule is CCC1SC(=NN=Cc2ccc(C)cc2C)N(Cc2ccccc2C)C1=O. The van der Waals surface area contributed by atoms with Gasteiger partial charge < -0.3 is 0 Å². The predicted molar refractivity (Wildman–Crippen MR) is 114 cm³/mol. The Morgan fingerprint density at radius 1 is 1.11 bits per heavy atom. The second-order valence-electron chi connectivity index (χ2n) is 6.85. The summed E-state index contributed by atoms with van der Waals surface area (Å²) in [6.45, 7) is 8.77. The summed E-state index contributed by atoms with van der Waals surface area (Å²) in [5, 5.41) is 9.27. The maximum Gasteiger partial charge on any atom is 0.242 e. The quantitative estimate of drug-likeness (QED) is 0.550. The van der Waals surface area contributed by atoms with E-state index >= 15 is 0 Å². The molecule has 0 radical (unpaired) electrons. The number of rotatable bonds is 5. The first-order valence-electron chi connectivity index (χ1n) is 9.20. The van der Waals surface area contributed by atoms with E-state index in [1.807, 2.05) is 25.1 Å². The van der Waals surface area contributed by atoms with Crippen LogP contribution in [0.1, 0.15) is 41.2 Å². The number of nitrogens with zero attached hydrogens (tertiary/aromatic N) is 3. The Labute approximate surface area is 165 Å². The van der Waals surface area contributed by atoms with E-state index in [2.05, 4.69) is 55.2 Å². The van der Waals surface area contributed by atoms with Crippen molar-refractivity contribution in [2.24, 2.45) is 10.2 Å². The minimum Gasteiger partial charge on any atom is -0.284 e. The summed E-state index contributed by atoms with van der Waals surface area (Å²) in [6, 6.07) is 14.4. The van der Waals surface area contributed by atoms with Gasteiger partial charge in [0, 0.05) is 0 Å². The van der Waals surface area contributed by atoms with Crippen LogP contribution >= 0.6 is 11.8 Å². The van der Waals surface area contributed by atoms with Gasteiger partial charge in [-0.1, -0.05) is 66.7 Å². The Kier molecular flexibility index (Phi) is 6.11. The molecule has 140 valence electrons. The van der Waals surface area contributed by atoms with Crippen LogP contribution in [0.4, 0.5) is 0 Å². The van der Waals surface area contributed by atoms with Gasteiger partial charge in [0.1, 0.15) is 0 Å². The minimum atomic E-state index is -0.0796. The largest absolute Gasteiger partial charge is 0.284 e. The summed E-state index contributed by atoms with van der Waals surface area (Å²) < 4.78 is 0. The van der Waals surface area contributed by atoms with E-state index in [4.69, 9.17) is 0 Å². The molecule has 27 heavy (non-hydrogen) atoms. The molecule has 4 nitrogen and oxygen atoms in total. The number of thioether (sulfide) groups is 1. The number of benzene rings is 2. The van der Waals surface area contributed by atoms with Crippen LogP contribution in [0.15, 0.2) is 52.7 Å². The highest BCUT2D eigenvalue weighted by Gasteiger charge is 2.37. The molecule has 1 aliphatic heterocycles. The van der Waals surface area contributed by atoms with Crippen LogP contribution in [-0.2, 0) is 11.3 Å². The molecule has 1 fully saturated rings. The van der Waals surface area contributed by atoms with Crippen molar-refractivity contribution in [3.05, 3.63) is 70.3 Å². The van der Waals surface area contributed by atoms with Gasteiger partial charge in [-0.05, 0) is 49.4 Å². The Morgan fingerprint density at radius 2 is 1.89 bits per heavy atom. The van der Waals surface area contributed by atoms with Gasteiger partial charge in [0.2, 0.25) is 5.91 Å². The van der Waals surface area contributed by atoms with Crippen molar-refractivity contribution in [3.8, 4) is 0 Å². The van der Waals surface area contributed by atoms with Crippen LogP contribution in [0.5, 0.6) is 0 Å². The van der Waals surface area contributed by atoms with Crippen molar-refractivity contribution in [3.63, 3.8) is 0 Å². The van der Waals surface area contributed by atoms with Crippen molar-refractivity contribution >= 4 is 29.1 Å². The monoisotopic (exact) mass is 379 g/mol. The molecule has 3 rings (SSSR count). The van der Waals surface area contributed by atoms with Crippen LogP contribution in [0, 0.1) is 20.8 Å². The first-order chi connectivity index (χ1) is 13.0. The van der Waals surface area contributed by atoms with Crippen molar-refractivity contribution in [1.29, 1.82) is 0 Å². The third kappa shape index (κ3) is 4.48. The molecule has 0 saturated carbocycles. The Bertz CT molecular complexity index is 904. The highest BCUT2D eigenvalue weighted by molar-refractivity contribution is 8.15. The van der Waals surface area contributed by atoms with Crippen molar-refractivity contribution in [1.82, 2.24) is 4.90 Å². The molecule has 1 atom stereocenters. The molecule has 2 aromatic carbocycles. The molecule has 0 aromatic heterocycles. The van der Waals surface area contributed by atoms with Gasteiger partial charge in [-0.3, -0.25) is 9.69 Å². The van der Waals surface area contributed by atoms with E-state index in [0.717, 1.165) is 23.1 Å². The minimum absolute atomic E-state index is 0.0796. The van der Waals surface area contributed by atoms with E-state index in [-0.39, 0.29) is 11.2 Å². The highest BCUT2D eigenvalue weighted by Crippen LogP contribution is 2.31. The number of carbonyl (C=O) groups is 1. The Morgan fingerprint density at radius 3 is 2.59 bits per heavy atom. The van der Waals surface area contributed by atoms with Gasteiger partial charge >= 0.3 is 0 Å². The van der Waals surface area contributed by atoms with E-state index in [0.29, 0.717) is 11.7 Å². The third-order valence-corrected chi connectivity index (χ3v) is 6.08. The fourth-order valence-electron chi connectivity index (χ4n) is 3.06. The summed E-state index contributed by atoms with van der Waals surface area (Å²) in [5.41, 5.74) is 5.74. The second kappa shape index (κ2) is 8.53. The molecule has 1 saturated heterocycles. The maximum absolute atomic E-state index is 12.8. The molecule has 5 heteroatoms. The summed E-state index contributed by atoms with van der Waals surface area (Å²) in [6.07, 6.45) is 2.55. The van der Waals surface area contributed by atoms with E-state index < -0.39 is 0 Å². The van der Waals surface area contributed by atoms with E-state index in [1.54, 1.807) is 11.1 Å². The van der Waals surface area contributed by atoms with Gasteiger partial charge in [0.05, 0.1) is 18.0 Å². The lowest BCUT2D eigenvalue weighted by atomic mass is 10.1. The lowest BCUT2D eigenvalue weighted by Crippen LogP contribution is -2.31. The number of carbonyl (C=O) groups excluding carboxylic acids is 1. The van der Waals surface area contributed by atoms with Crippen LogP contribution in [0.25, 0.3) is 0 Å². The van der Waals surface area contributed by atoms with Gasteiger partial charge in [-0.2, -0.15) is 5.10 Å². The number of hydrogen-bond acceptors (Lipinski definition) is 4. The highest BCUT2D eigenvalue weighted by atomic mass is 32.2. The van der Waals surface area contributed by atoms with Gasteiger partial charge in [-0.25, -0.2) is 0 Å². The zero-order chi connectivity index (χ0) is 19.4. The van der Waals surface area contributed by atoms with Crippen LogP contribution < -0.4 is 0 Å². The molecule has 0 N–H and O–H groups in total. The molecule has 2 aromatic rings. The molecule has 0 spiro atoms. The summed E-state index contributed by atoms with van der Waals surface area (Å²) >= 11 is 1.51. The van der Waals surface area contributed by atoms with E-state index in [1.165, 1.54) is 22.9 Å². The number of aryl methyl sites for hydroxylation is 3. The molecule has 1 heterocycles. The molecule has 0 bridgehead atoms. The molecule has 0 aliphatic carbocycles. The van der Waals surface area contributed by atoms with Crippen molar-refractivity contribution in [2.75, 3.05) is 0 Å².